The van der Waals surface area contributed by atoms with Gasteiger partial charge in [-0.1, -0.05) is 101 Å². The number of esters is 3. The highest BCUT2D eigenvalue weighted by Crippen LogP contribution is 2.44. The summed E-state index contributed by atoms with van der Waals surface area (Å²) in [6.07, 6.45) is 8.66. The van der Waals surface area contributed by atoms with Crippen LogP contribution in [0, 0.1) is 24.2 Å². The minimum Gasteiger partial charge on any atom is -0.478 e. The van der Waals surface area contributed by atoms with Crippen LogP contribution >= 0.6 is 43.2 Å². The lowest BCUT2D eigenvalue weighted by Crippen LogP contribution is -2.37. The highest BCUT2D eigenvalue weighted by molar-refractivity contribution is 8.77. The number of H-pyrrole nitrogens is 1. The van der Waals surface area contributed by atoms with E-state index in [4.69, 9.17) is 36.6 Å². The SMILES string of the molecule is C#CCN(Cc1ccc2nc(N)[nH]c(=O)c2c1)c1ccc(C(=O)O)cc1.CC(C(=O)OCCSSc1ccccn1)C(CC(=O)OCC1c2ccccc2-c2ccccc21)C(=O)OC(C)(C)C.OCCSSc1ccccn1. The van der Waals surface area contributed by atoms with Crippen molar-refractivity contribution in [1.29, 1.82) is 0 Å². The fourth-order valence-electron chi connectivity index (χ4n) is 7.89. The van der Waals surface area contributed by atoms with Crippen molar-refractivity contribution in [2.45, 2.75) is 62.2 Å². The van der Waals surface area contributed by atoms with Gasteiger partial charge in [0.05, 0.1) is 47.9 Å². The van der Waals surface area contributed by atoms with Crippen molar-refractivity contribution in [3.8, 4) is 23.5 Å². The summed E-state index contributed by atoms with van der Waals surface area (Å²) in [4.78, 5) is 79.0. The van der Waals surface area contributed by atoms with Gasteiger partial charge in [-0.2, -0.15) is 0 Å². The van der Waals surface area contributed by atoms with Crippen LogP contribution in [0.25, 0.3) is 22.0 Å². The normalized spacial score (nSPS) is 12.2. The number of anilines is 2. The van der Waals surface area contributed by atoms with Gasteiger partial charge in [0.1, 0.15) is 28.9 Å². The van der Waals surface area contributed by atoms with E-state index in [1.165, 1.54) is 33.7 Å². The molecule has 20 heteroatoms. The molecule has 1 aliphatic rings. The fraction of sp³-hybridized carbons (Fsp3) is 0.276. The molecule has 8 rings (SSSR count). The molecule has 0 radical (unpaired) electrons. The highest BCUT2D eigenvalue weighted by atomic mass is 33.1. The monoisotopic (exact) mass is 1130 g/mol. The molecule has 406 valence electrons. The van der Waals surface area contributed by atoms with Crippen LogP contribution in [0.3, 0.4) is 0 Å². The second-order valence-corrected chi connectivity index (χ2v) is 23.2. The van der Waals surface area contributed by atoms with Gasteiger partial charge >= 0.3 is 23.9 Å². The lowest BCUT2D eigenvalue weighted by Gasteiger charge is -2.26. The molecule has 1 aliphatic carbocycles. The Morgan fingerprint density at radius 2 is 1.41 bits per heavy atom. The zero-order valence-corrected chi connectivity index (χ0v) is 46.7. The Kier molecular flexibility index (Phi) is 23.1. The molecule has 3 heterocycles. The molecule has 5 N–H and O–H groups in total. The van der Waals surface area contributed by atoms with E-state index in [-0.39, 0.29) is 49.2 Å². The average Bonchev–Trinajstić information content (AvgIpc) is 3.87. The molecule has 0 spiro atoms. The maximum absolute atomic E-state index is 13.1. The number of hydrogen-bond donors (Lipinski definition) is 4. The van der Waals surface area contributed by atoms with Crippen LogP contribution in [-0.2, 0) is 35.1 Å². The molecule has 0 aliphatic heterocycles. The van der Waals surface area contributed by atoms with Gasteiger partial charge in [-0.25, -0.2) is 19.7 Å². The largest absolute Gasteiger partial charge is 0.478 e. The van der Waals surface area contributed by atoms with Crippen molar-refractivity contribution in [3.05, 3.63) is 172 Å². The Balaban J connectivity index is 0.000000224. The van der Waals surface area contributed by atoms with Crippen LogP contribution in [0.5, 0.6) is 0 Å². The van der Waals surface area contributed by atoms with Crippen LogP contribution < -0.4 is 16.2 Å². The maximum Gasteiger partial charge on any atom is 0.335 e. The minimum atomic E-state index is -1.03. The summed E-state index contributed by atoms with van der Waals surface area (Å²) >= 11 is 0. The number of benzene rings is 4. The molecule has 0 bridgehead atoms. The summed E-state index contributed by atoms with van der Waals surface area (Å²) < 4.78 is 16.7. The number of aliphatic hydroxyl groups excluding tert-OH is 1. The first kappa shape index (κ1) is 60.0. The number of terminal acetylenes is 1. The van der Waals surface area contributed by atoms with Crippen molar-refractivity contribution < 1.29 is 43.6 Å². The van der Waals surface area contributed by atoms with Gasteiger partial charge in [0.15, 0.2) is 0 Å². The summed E-state index contributed by atoms with van der Waals surface area (Å²) in [5.74, 6) is -0.805. The molecule has 2 atom stereocenters. The molecule has 4 aromatic carbocycles. The topological polar surface area (TPSA) is 237 Å². The average molecular weight is 1130 g/mol. The number of nitrogens with two attached hydrogens (primary N) is 1. The Hall–Kier alpha value is -7.28. The molecule has 3 aromatic heterocycles. The number of carbonyl (C=O) groups excluding carboxylic acids is 3. The molecule has 0 fully saturated rings. The van der Waals surface area contributed by atoms with E-state index in [0.29, 0.717) is 29.7 Å². The van der Waals surface area contributed by atoms with E-state index in [1.807, 2.05) is 83.8 Å². The van der Waals surface area contributed by atoms with Crippen molar-refractivity contribution in [3.63, 3.8) is 0 Å². The number of carbonyl (C=O) groups is 4. The summed E-state index contributed by atoms with van der Waals surface area (Å²) in [6, 6.07) is 39.4. The zero-order valence-electron chi connectivity index (χ0n) is 43.4. The van der Waals surface area contributed by atoms with E-state index in [9.17, 15) is 24.0 Å². The molecule has 0 amide bonds. The minimum absolute atomic E-state index is 0.0720. The zero-order chi connectivity index (χ0) is 56.0. The summed E-state index contributed by atoms with van der Waals surface area (Å²) in [7, 11) is 6.21. The molecule has 0 saturated heterocycles. The van der Waals surface area contributed by atoms with Crippen LogP contribution in [0.1, 0.15) is 67.1 Å². The van der Waals surface area contributed by atoms with Gasteiger partial charge in [-0.15, -0.1) is 6.42 Å². The van der Waals surface area contributed by atoms with Crippen LogP contribution in [0.15, 0.2) is 155 Å². The predicted molar refractivity (Wildman–Crippen MR) is 311 cm³/mol. The van der Waals surface area contributed by atoms with Crippen LogP contribution in [0.4, 0.5) is 11.6 Å². The van der Waals surface area contributed by atoms with E-state index >= 15 is 0 Å². The summed E-state index contributed by atoms with van der Waals surface area (Å²) in [5.41, 5.74) is 11.3. The summed E-state index contributed by atoms with van der Waals surface area (Å²) in [6.45, 7) is 8.14. The molecule has 7 aromatic rings. The van der Waals surface area contributed by atoms with E-state index in [1.54, 1.807) is 85.9 Å². The number of aromatic carboxylic acids is 1. The van der Waals surface area contributed by atoms with Gasteiger partial charge in [0.25, 0.3) is 5.56 Å². The number of aromatic amines is 1. The standard InChI is InChI=1S/C32H35NO6S2.C19H16N4O3.C7H9NOS2/c1-21(30(35)37-17-18-40-41-28-15-9-10-16-33-28)26(31(36)39-32(2,3)4)19-29(34)38-20-27-24-13-7-5-11-22(24)23-12-6-8-14-25(23)27;1-2-9-23(14-6-4-13(5-7-14)18(25)26)11-12-3-8-16-15(10-12)17(24)22-19(20)21-16;9-5-6-10-11-7-3-1-2-4-8-7/h5-16,21,26-27H,17-20H2,1-4H3;1,3-8,10H,9,11H2,(H,25,26)(H3,20,21,22,24);1-4,9H,5-6H2. The van der Waals surface area contributed by atoms with Crippen molar-refractivity contribution in [1.82, 2.24) is 19.9 Å². The number of carboxylic acid groups (broad SMARTS) is 1. The highest BCUT2D eigenvalue weighted by Gasteiger charge is 2.37. The van der Waals surface area contributed by atoms with E-state index < -0.39 is 41.3 Å². The number of nitrogens with one attached hydrogen (secondary N) is 1. The maximum atomic E-state index is 13.1. The first-order valence-corrected chi connectivity index (χ1v) is 29.2. The number of ether oxygens (including phenoxy) is 3. The lowest BCUT2D eigenvalue weighted by molar-refractivity contribution is -0.170. The van der Waals surface area contributed by atoms with Gasteiger partial charge < -0.3 is 35.1 Å². The van der Waals surface area contributed by atoms with Gasteiger partial charge in [-0.05, 0) is 131 Å². The number of aromatic nitrogens is 4. The van der Waals surface area contributed by atoms with Gasteiger partial charge in [-0.3, -0.25) is 24.2 Å². The molecular weight excluding hydrogens is 1070 g/mol. The smallest absolute Gasteiger partial charge is 0.335 e. The van der Waals surface area contributed by atoms with E-state index in [0.717, 1.165) is 49.3 Å². The fourth-order valence-corrected chi connectivity index (χ4v) is 11.2. The number of nitrogens with zero attached hydrogens (tertiary/aromatic N) is 4. The van der Waals surface area contributed by atoms with Crippen LogP contribution in [-0.4, -0.2) is 97.5 Å². The third-order valence-corrected chi connectivity index (χ3v) is 16.0. The van der Waals surface area contributed by atoms with E-state index in [2.05, 4.69) is 38.0 Å². The molecular formula is C58H60N6O10S4. The second kappa shape index (κ2) is 30.0. The van der Waals surface area contributed by atoms with Gasteiger partial charge in [0, 0.05) is 42.0 Å². The number of fused-ring (bicyclic) bond motifs is 4. The number of carboxylic acids is 1. The first-order chi connectivity index (χ1) is 37.5. The molecule has 0 saturated carbocycles. The Morgan fingerprint density at radius 1 is 0.808 bits per heavy atom. The van der Waals surface area contributed by atoms with Crippen LogP contribution in [0.2, 0.25) is 0 Å². The number of hydrogen-bond acceptors (Lipinski definition) is 18. The van der Waals surface area contributed by atoms with Crippen molar-refractivity contribution >= 4 is 89.6 Å². The number of rotatable bonds is 21. The molecule has 78 heavy (non-hydrogen) atoms. The number of nitrogen functional groups attached to an aromatic ring is 1. The number of aliphatic hydroxyl groups is 1. The number of pyridine rings is 2. The molecule has 16 nitrogen and oxygen atoms in total. The van der Waals surface area contributed by atoms with Gasteiger partial charge in [0.2, 0.25) is 5.95 Å². The van der Waals surface area contributed by atoms with Crippen molar-refractivity contribution in [2.24, 2.45) is 11.8 Å². The Morgan fingerprint density at radius 3 is 1.97 bits per heavy atom. The predicted octanol–water partition coefficient (Wildman–Crippen LogP) is 10.4. The van der Waals surface area contributed by atoms with Crippen molar-refractivity contribution in [2.75, 3.05) is 48.5 Å². The lowest BCUT2D eigenvalue weighted by atomic mass is 9.90. The quantitative estimate of drug-likeness (QED) is 0.0172. The summed E-state index contributed by atoms with van der Waals surface area (Å²) in [5, 5.41) is 19.8. The Labute approximate surface area is 468 Å². The second-order valence-electron chi connectivity index (χ2n) is 18.3. The third-order valence-electron chi connectivity index (χ3n) is 11.5. The Bertz CT molecular complexity index is 3170. The third kappa shape index (κ3) is 18.2. The first-order valence-electron chi connectivity index (χ1n) is 24.6. The molecule has 2 unspecified atom stereocenters.